The van der Waals surface area contributed by atoms with Crippen LogP contribution in [0.3, 0.4) is 0 Å². The highest BCUT2D eigenvalue weighted by Gasteiger charge is 2.37. The molecule has 2 aromatic rings. The zero-order valence-electron chi connectivity index (χ0n) is 13.8. The Hall–Kier alpha value is -2.54. The summed E-state index contributed by atoms with van der Waals surface area (Å²) in [5.41, 5.74) is 0.467. The van der Waals surface area contributed by atoms with Crippen LogP contribution in [0.15, 0.2) is 24.3 Å². The first-order valence-electron chi connectivity index (χ1n) is 8.07. The Morgan fingerprint density at radius 3 is 2.72 bits per heavy atom. The highest BCUT2D eigenvalue weighted by atomic mass is 19.1. The smallest absolute Gasteiger partial charge is 0.305 e. The number of carboxylic acid groups (broad SMARTS) is 1. The van der Waals surface area contributed by atoms with Crippen molar-refractivity contribution in [3.63, 3.8) is 0 Å². The van der Waals surface area contributed by atoms with Crippen molar-refractivity contribution in [3.8, 4) is 0 Å². The van der Waals surface area contributed by atoms with E-state index in [1.54, 1.807) is 19.1 Å². The Balaban J connectivity index is 1.91. The second-order valence-electron chi connectivity index (χ2n) is 6.38. The molecule has 0 unspecified atom stereocenters. The molecule has 1 aromatic carbocycles. The molecule has 0 spiro atoms. The molecule has 1 aromatic heterocycles. The number of fused-ring (bicyclic) bond motifs is 1. The van der Waals surface area contributed by atoms with Crippen LogP contribution in [0.2, 0.25) is 0 Å². The molecule has 1 amide bonds. The summed E-state index contributed by atoms with van der Waals surface area (Å²) >= 11 is 0. The first-order valence-corrected chi connectivity index (χ1v) is 8.07. The Morgan fingerprint density at radius 1 is 1.32 bits per heavy atom. The molecule has 132 valence electrons. The number of carbonyl (C=O) groups is 2. The van der Waals surface area contributed by atoms with Crippen LogP contribution < -0.4 is 5.32 Å². The fourth-order valence-electron chi connectivity index (χ4n) is 3.17. The number of hydrogen-bond donors (Lipinski definition) is 2. The summed E-state index contributed by atoms with van der Waals surface area (Å²) in [6.45, 7) is 2.48. The number of aryl methyl sites for hydroxylation is 1. The maximum atomic E-state index is 13.3. The molecule has 0 radical (unpaired) electrons. The Bertz CT molecular complexity index is 831. The van der Waals surface area contributed by atoms with Gasteiger partial charge in [-0.15, -0.1) is 0 Å². The van der Waals surface area contributed by atoms with Gasteiger partial charge in [0.15, 0.2) is 0 Å². The molecular weight excluding hydrogens is 327 g/mol. The van der Waals surface area contributed by atoms with E-state index in [1.807, 2.05) is 0 Å². The van der Waals surface area contributed by atoms with E-state index in [4.69, 9.17) is 4.74 Å². The van der Waals surface area contributed by atoms with Crippen LogP contribution in [0.25, 0.3) is 10.9 Å². The molecule has 1 saturated heterocycles. The van der Waals surface area contributed by atoms with E-state index < -0.39 is 11.5 Å². The first kappa shape index (κ1) is 17.3. The lowest BCUT2D eigenvalue weighted by molar-refractivity contribution is -0.139. The minimum atomic E-state index is -0.967. The second kappa shape index (κ2) is 6.76. The number of amides is 1. The van der Waals surface area contributed by atoms with Crippen LogP contribution >= 0.6 is 0 Å². The Kier molecular flexibility index (Phi) is 4.67. The molecule has 1 fully saturated rings. The van der Waals surface area contributed by atoms with Gasteiger partial charge in [-0.2, -0.15) is 0 Å². The standard InChI is InChI=1S/C18H19FN2O4/c1-11-14(8-12-2-3-13(19)9-15(12)20-11)17(24)21-18(10-16(22)23)4-6-25-7-5-18/h2-3,8-9H,4-7,10H2,1H3,(H,21,24)(H,22,23). The largest absolute Gasteiger partial charge is 0.481 e. The SMILES string of the molecule is Cc1nc2cc(F)ccc2cc1C(=O)NC1(CC(=O)O)CCOCC1. The topological polar surface area (TPSA) is 88.5 Å². The highest BCUT2D eigenvalue weighted by Crippen LogP contribution is 2.26. The number of nitrogens with one attached hydrogen (secondary N) is 1. The molecule has 2 heterocycles. The molecule has 0 aliphatic carbocycles. The summed E-state index contributed by atoms with van der Waals surface area (Å²) in [6.07, 6.45) is 0.722. The zero-order valence-corrected chi connectivity index (χ0v) is 13.8. The van der Waals surface area contributed by atoms with Crippen LogP contribution in [-0.4, -0.2) is 40.7 Å². The predicted octanol–water partition coefficient (Wildman–Crippen LogP) is 2.44. The number of carboxylic acids is 1. The number of aliphatic carboxylic acids is 1. The number of pyridine rings is 1. The van der Waals surface area contributed by atoms with Crippen molar-refractivity contribution in [2.24, 2.45) is 0 Å². The third-order valence-electron chi connectivity index (χ3n) is 4.53. The molecule has 6 nitrogen and oxygen atoms in total. The van der Waals surface area contributed by atoms with Gasteiger partial charge in [-0.3, -0.25) is 14.6 Å². The summed E-state index contributed by atoms with van der Waals surface area (Å²) in [4.78, 5) is 28.3. The second-order valence-corrected chi connectivity index (χ2v) is 6.38. The van der Waals surface area contributed by atoms with Gasteiger partial charge < -0.3 is 15.2 Å². The van der Waals surface area contributed by atoms with Crippen molar-refractivity contribution in [1.82, 2.24) is 10.3 Å². The average molecular weight is 346 g/mol. The minimum absolute atomic E-state index is 0.159. The molecule has 7 heteroatoms. The van der Waals surface area contributed by atoms with Gasteiger partial charge in [-0.1, -0.05) is 0 Å². The lowest BCUT2D eigenvalue weighted by atomic mass is 9.86. The predicted molar refractivity (Wildman–Crippen MR) is 88.9 cm³/mol. The fraction of sp³-hybridized carbons (Fsp3) is 0.389. The number of nitrogens with zero attached hydrogens (tertiary/aromatic N) is 1. The number of carbonyl (C=O) groups excluding carboxylic acids is 1. The minimum Gasteiger partial charge on any atom is -0.481 e. The Labute approximate surface area is 144 Å². The van der Waals surface area contributed by atoms with Crippen LogP contribution in [0, 0.1) is 12.7 Å². The van der Waals surface area contributed by atoms with Gasteiger partial charge in [0.05, 0.1) is 28.7 Å². The van der Waals surface area contributed by atoms with Crippen LogP contribution in [0.4, 0.5) is 4.39 Å². The van der Waals surface area contributed by atoms with Crippen molar-refractivity contribution >= 4 is 22.8 Å². The van der Waals surface area contributed by atoms with Gasteiger partial charge in [0.2, 0.25) is 0 Å². The van der Waals surface area contributed by atoms with Crippen molar-refractivity contribution in [1.29, 1.82) is 0 Å². The van der Waals surface area contributed by atoms with Crippen LogP contribution in [-0.2, 0) is 9.53 Å². The number of aromatic nitrogens is 1. The average Bonchev–Trinajstić information content (AvgIpc) is 2.53. The summed E-state index contributed by atoms with van der Waals surface area (Å²) < 4.78 is 18.6. The lowest BCUT2D eigenvalue weighted by Gasteiger charge is -2.37. The molecule has 0 bridgehead atoms. The molecule has 1 aliphatic heterocycles. The zero-order chi connectivity index (χ0) is 18.0. The number of ether oxygens (including phenoxy) is 1. The highest BCUT2D eigenvalue weighted by molar-refractivity contribution is 5.99. The van der Waals surface area contributed by atoms with Gasteiger partial charge in [0.1, 0.15) is 5.82 Å². The van der Waals surface area contributed by atoms with E-state index in [9.17, 15) is 19.1 Å². The molecule has 0 saturated carbocycles. The van der Waals surface area contributed by atoms with E-state index in [0.717, 1.165) is 0 Å². The van der Waals surface area contributed by atoms with E-state index in [2.05, 4.69) is 10.3 Å². The van der Waals surface area contributed by atoms with E-state index >= 15 is 0 Å². The maximum absolute atomic E-state index is 13.3. The maximum Gasteiger partial charge on any atom is 0.305 e. The van der Waals surface area contributed by atoms with Crippen LogP contribution in [0.5, 0.6) is 0 Å². The lowest BCUT2D eigenvalue weighted by Crippen LogP contribution is -2.53. The third-order valence-corrected chi connectivity index (χ3v) is 4.53. The number of halogens is 1. The number of hydrogen-bond acceptors (Lipinski definition) is 4. The monoisotopic (exact) mass is 346 g/mol. The number of benzene rings is 1. The van der Waals surface area contributed by atoms with E-state index in [0.29, 0.717) is 48.2 Å². The number of rotatable bonds is 4. The molecule has 25 heavy (non-hydrogen) atoms. The van der Waals surface area contributed by atoms with Crippen molar-refractivity contribution in [2.45, 2.75) is 31.7 Å². The van der Waals surface area contributed by atoms with E-state index in [1.165, 1.54) is 12.1 Å². The molecule has 2 N–H and O–H groups in total. The summed E-state index contributed by atoms with van der Waals surface area (Å²) in [6, 6.07) is 5.84. The summed E-state index contributed by atoms with van der Waals surface area (Å²) in [7, 11) is 0. The Morgan fingerprint density at radius 2 is 2.04 bits per heavy atom. The first-order chi connectivity index (χ1) is 11.9. The third kappa shape index (κ3) is 3.76. The van der Waals surface area contributed by atoms with Gasteiger partial charge in [0.25, 0.3) is 5.91 Å². The van der Waals surface area contributed by atoms with Crippen molar-refractivity contribution in [3.05, 3.63) is 41.3 Å². The molecule has 0 atom stereocenters. The van der Waals surface area contributed by atoms with Crippen LogP contribution in [0.1, 0.15) is 35.3 Å². The summed E-state index contributed by atoms with van der Waals surface area (Å²) in [5, 5.41) is 12.7. The quantitative estimate of drug-likeness (QED) is 0.888. The molecular formula is C18H19FN2O4. The van der Waals surface area contributed by atoms with Crippen molar-refractivity contribution in [2.75, 3.05) is 13.2 Å². The summed E-state index contributed by atoms with van der Waals surface area (Å²) in [5.74, 6) is -1.73. The van der Waals surface area contributed by atoms with Gasteiger partial charge >= 0.3 is 5.97 Å². The fourth-order valence-corrected chi connectivity index (χ4v) is 3.17. The molecule has 1 aliphatic rings. The van der Waals surface area contributed by atoms with Crippen molar-refractivity contribution < 1.29 is 23.8 Å². The molecule has 3 rings (SSSR count). The van der Waals surface area contributed by atoms with E-state index in [-0.39, 0.29) is 18.1 Å². The normalized spacial score (nSPS) is 16.6. The van der Waals surface area contributed by atoms with Gasteiger partial charge in [-0.05, 0) is 38.0 Å². The van der Waals surface area contributed by atoms with Gasteiger partial charge in [-0.25, -0.2) is 4.39 Å². The van der Waals surface area contributed by atoms with Gasteiger partial charge in [0, 0.05) is 24.7 Å².